The smallest absolute Gasteiger partial charge is 0.241 e. The number of benzene rings is 2. The van der Waals surface area contributed by atoms with Gasteiger partial charge in [0.15, 0.2) is 0 Å². The van der Waals surface area contributed by atoms with Crippen LogP contribution in [0.4, 0.5) is 10.1 Å². The molecule has 1 amide bonds. The van der Waals surface area contributed by atoms with Gasteiger partial charge in [-0.05, 0) is 43.2 Å². The van der Waals surface area contributed by atoms with Crippen molar-refractivity contribution in [2.75, 3.05) is 38.0 Å². The molecule has 1 fully saturated rings. The summed E-state index contributed by atoms with van der Waals surface area (Å²) in [5.41, 5.74) is 1.99. The minimum Gasteiger partial charge on any atom is -0.325 e. The molecule has 3 rings (SSSR count). The van der Waals surface area contributed by atoms with Crippen molar-refractivity contribution in [2.45, 2.75) is 19.4 Å². The summed E-state index contributed by atoms with van der Waals surface area (Å²) in [7, 11) is 0. The fourth-order valence-electron chi connectivity index (χ4n) is 3.25. The third-order valence-electron chi connectivity index (χ3n) is 5.01. The molecule has 0 aromatic heterocycles. The van der Waals surface area contributed by atoms with Gasteiger partial charge in [-0.2, -0.15) is 0 Å². The largest absolute Gasteiger partial charge is 0.325 e. The molecule has 2 aromatic carbocycles. The summed E-state index contributed by atoms with van der Waals surface area (Å²) >= 11 is 0. The second kappa shape index (κ2) is 8.92. The first kappa shape index (κ1) is 18.5. The van der Waals surface area contributed by atoms with Crippen molar-refractivity contribution in [1.29, 1.82) is 0 Å². The number of carbonyl (C=O) groups excluding carboxylic acids is 1. The van der Waals surface area contributed by atoms with Gasteiger partial charge in [0.2, 0.25) is 5.91 Å². The van der Waals surface area contributed by atoms with Crippen LogP contribution in [0.25, 0.3) is 0 Å². The van der Waals surface area contributed by atoms with Crippen LogP contribution in [-0.2, 0) is 11.2 Å². The highest BCUT2D eigenvalue weighted by Gasteiger charge is 2.25. The Balaban J connectivity index is 1.43. The number of carbonyl (C=O) groups is 1. The highest BCUT2D eigenvalue weighted by atomic mass is 19.1. The van der Waals surface area contributed by atoms with Gasteiger partial charge in [-0.1, -0.05) is 30.3 Å². The molecule has 1 atom stereocenters. The molecular weight excluding hydrogens is 329 g/mol. The molecule has 1 N–H and O–H groups in total. The van der Waals surface area contributed by atoms with Crippen LogP contribution in [0.5, 0.6) is 0 Å². The summed E-state index contributed by atoms with van der Waals surface area (Å²) in [6.07, 6.45) is 1.06. The quantitative estimate of drug-likeness (QED) is 0.865. The standard InChI is InChI=1S/C21H26FN3O/c1-17(21(26)23-20-9-7-19(22)8-10-20)25-15-13-24(14-16-25)12-11-18-5-3-2-4-6-18/h2-10,17H,11-16H2,1H3,(H,23,26). The van der Waals surface area contributed by atoms with Crippen molar-refractivity contribution >= 4 is 11.6 Å². The summed E-state index contributed by atoms with van der Waals surface area (Å²) in [5, 5.41) is 2.86. The first-order chi connectivity index (χ1) is 12.6. The minimum atomic E-state index is -0.303. The molecule has 1 aliphatic rings. The van der Waals surface area contributed by atoms with E-state index in [4.69, 9.17) is 0 Å². The number of nitrogens with zero attached hydrogens (tertiary/aromatic N) is 2. The molecule has 1 saturated heterocycles. The van der Waals surface area contributed by atoms with Crippen LogP contribution in [0, 0.1) is 5.82 Å². The molecule has 1 unspecified atom stereocenters. The zero-order chi connectivity index (χ0) is 18.4. The van der Waals surface area contributed by atoms with E-state index in [1.54, 1.807) is 12.1 Å². The van der Waals surface area contributed by atoms with E-state index in [1.165, 1.54) is 17.7 Å². The van der Waals surface area contributed by atoms with E-state index in [2.05, 4.69) is 39.4 Å². The average Bonchev–Trinajstić information content (AvgIpc) is 2.69. The summed E-state index contributed by atoms with van der Waals surface area (Å²) in [6.45, 7) is 6.69. The van der Waals surface area contributed by atoms with E-state index in [0.29, 0.717) is 5.69 Å². The number of piperazine rings is 1. The lowest BCUT2D eigenvalue weighted by molar-refractivity contribution is -0.121. The molecule has 0 spiro atoms. The third kappa shape index (κ3) is 5.13. The lowest BCUT2D eigenvalue weighted by Crippen LogP contribution is -2.53. The number of rotatable bonds is 6. The SMILES string of the molecule is CC(C(=O)Nc1ccc(F)cc1)N1CCN(CCc2ccccc2)CC1. The molecule has 5 heteroatoms. The Morgan fingerprint density at radius 1 is 1.04 bits per heavy atom. The predicted octanol–water partition coefficient (Wildman–Crippen LogP) is 3.01. The zero-order valence-electron chi connectivity index (χ0n) is 15.2. The van der Waals surface area contributed by atoms with Gasteiger partial charge < -0.3 is 10.2 Å². The molecular formula is C21H26FN3O. The predicted molar refractivity (Wildman–Crippen MR) is 103 cm³/mol. The van der Waals surface area contributed by atoms with Gasteiger partial charge in [0.05, 0.1) is 6.04 Å². The molecule has 0 saturated carbocycles. The first-order valence-electron chi connectivity index (χ1n) is 9.18. The Hall–Kier alpha value is -2.24. The van der Waals surface area contributed by atoms with Gasteiger partial charge in [0.25, 0.3) is 0 Å². The van der Waals surface area contributed by atoms with Crippen LogP contribution in [0.1, 0.15) is 12.5 Å². The van der Waals surface area contributed by atoms with Gasteiger partial charge in [-0.3, -0.25) is 9.69 Å². The third-order valence-corrected chi connectivity index (χ3v) is 5.01. The summed E-state index contributed by atoms with van der Waals surface area (Å²) in [4.78, 5) is 17.1. The topological polar surface area (TPSA) is 35.6 Å². The number of hydrogen-bond acceptors (Lipinski definition) is 3. The molecule has 0 bridgehead atoms. The van der Waals surface area contributed by atoms with E-state index in [1.807, 2.05) is 13.0 Å². The van der Waals surface area contributed by atoms with Gasteiger partial charge >= 0.3 is 0 Å². The van der Waals surface area contributed by atoms with Crippen LogP contribution in [0.3, 0.4) is 0 Å². The average molecular weight is 355 g/mol. The molecule has 1 heterocycles. The van der Waals surface area contributed by atoms with E-state index in [0.717, 1.165) is 39.1 Å². The van der Waals surface area contributed by atoms with Crippen LogP contribution < -0.4 is 5.32 Å². The van der Waals surface area contributed by atoms with E-state index < -0.39 is 0 Å². The summed E-state index contributed by atoms with van der Waals surface area (Å²) < 4.78 is 13.0. The van der Waals surface area contributed by atoms with Gasteiger partial charge in [0.1, 0.15) is 5.82 Å². The molecule has 0 radical (unpaired) electrons. The van der Waals surface area contributed by atoms with Crippen molar-refractivity contribution < 1.29 is 9.18 Å². The van der Waals surface area contributed by atoms with Crippen molar-refractivity contribution in [2.24, 2.45) is 0 Å². The van der Waals surface area contributed by atoms with Crippen LogP contribution in [0.15, 0.2) is 54.6 Å². The zero-order valence-corrected chi connectivity index (χ0v) is 15.2. The van der Waals surface area contributed by atoms with Crippen molar-refractivity contribution in [3.8, 4) is 0 Å². The maximum Gasteiger partial charge on any atom is 0.241 e. The maximum atomic E-state index is 13.0. The van der Waals surface area contributed by atoms with E-state index in [9.17, 15) is 9.18 Å². The van der Waals surface area contributed by atoms with E-state index in [-0.39, 0.29) is 17.8 Å². The van der Waals surface area contributed by atoms with Crippen LogP contribution in [0.2, 0.25) is 0 Å². The molecule has 138 valence electrons. The normalized spacial score (nSPS) is 17.0. The number of anilines is 1. The lowest BCUT2D eigenvalue weighted by Gasteiger charge is -2.37. The van der Waals surface area contributed by atoms with Crippen molar-refractivity contribution in [1.82, 2.24) is 9.80 Å². The molecule has 26 heavy (non-hydrogen) atoms. The number of nitrogens with one attached hydrogen (secondary N) is 1. The Labute approximate surface area is 154 Å². The minimum absolute atomic E-state index is 0.0469. The molecule has 1 aliphatic heterocycles. The summed E-state index contributed by atoms with van der Waals surface area (Å²) in [6, 6.07) is 16.2. The fraction of sp³-hybridized carbons (Fsp3) is 0.381. The second-order valence-electron chi connectivity index (χ2n) is 6.79. The Kier molecular flexibility index (Phi) is 6.36. The van der Waals surface area contributed by atoms with Crippen LogP contribution >= 0.6 is 0 Å². The van der Waals surface area contributed by atoms with Crippen LogP contribution in [-0.4, -0.2) is 54.5 Å². The summed E-state index contributed by atoms with van der Waals surface area (Å²) in [5.74, 6) is -0.350. The Bertz CT molecular complexity index is 697. The lowest BCUT2D eigenvalue weighted by atomic mass is 10.1. The first-order valence-corrected chi connectivity index (χ1v) is 9.18. The molecule has 2 aromatic rings. The van der Waals surface area contributed by atoms with Gasteiger partial charge in [-0.25, -0.2) is 4.39 Å². The number of amides is 1. The van der Waals surface area contributed by atoms with Crippen molar-refractivity contribution in [3.05, 3.63) is 66.0 Å². The number of halogens is 1. The molecule has 0 aliphatic carbocycles. The highest BCUT2D eigenvalue weighted by Crippen LogP contribution is 2.12. The maximum absolute atomic E-state index is 13.0. The van der Waals surface area contributed by atoms with Gasteiger partial charge in [-0.15, -0.1) is 0 Å². The second-order valence-corrected chi connectivity index (χ2v) is 6.79. The number of hydrogen-bond donors (Lipinski definition) is 1. The molecule has 4 nitrogen and oxygen atoms in total. The fourth-order valence-corrected chi connectivity index (χ4v) is 3.25. The Morgan fingerprint density at radius 3 is 2.35 bits per heavy atom. The van der Waals surface area contributed by atoms with Gasteiger partial charge in [0, 0.05) is 38.4 Å². The van der Waals surface area contributed by atoms with Crippen molar-refractivity contribution in [3.63, 3.8) is 0 Å². The monoisotopic (exact) mass is 355 g/mol. The van der Waals surface area contributed by atoms with E-state index >= 15 is 0 Å². The highest BCUT2D eigenvalue weighted by molar-refractivity contribution is 5.94. The Morgan fingerprint density at radius 2 is 1.69 bits per heavy atom.